The molecule has 3 fully saturated rings. The van der Waals surface area contributed by atoms with Gasteiger partial charge in [0.05, 0.1) is 28.2 Å². The van der Waals surface area contributed by atoms with Crippen LogP contribution in [-0.4, -0.2) is 49.2 Å². The lowest BCUT2D eigenvalue weighted by Gasteiger charge is -2.35. The van der Waals surface area contributed by atoms with Crippen molar-refractivity contribution in [1.82, 2.24) is 19.7 Å². The molecule has 3 atom stereocenters. The number of aliphatic carboxylic acids is 1. The van der Waals surface area contributed by atoms with Crippen LogP contribution in [0, 0.1) is 29.6 Å². The lowest BCUT2D eigenvalue weighted by atomic mass is 9.74. The van der Waals surface area contributed by atoms with Crippen molar-refractivity contribution >= 4 is 34.4 Å². The Hall–Kier alpha value is -3.01. The van der Waals surface area contributed by atoms with E-state index in [1.807, 2.05) is 25.1 Å². The molecule has 3 saturated carbocycles. The van der Waals surface area contributed by atoms with E-state index in [2.05, 4.69) is 23.9 Å². The Morgan fingerprint density at radius 3 is 2.42 bits per heavy atom. The van der Waals surface area contributed by atoms with Gasteiger partial charge in [0.15, 0.2) is 5.69 Å². The Bertz CT molecular complexity index is 1570. The third-order valence-electron chi connectivity index (χ3n) is 10.9. The van der Waals surface area contributed by atoms with E-state index < -0.39 is 40.8 Å². The lowest BCUT2D eigenvalue weighted by Crippen LogP contribution is -2.42. The number of fused-ring (bicyclic) bond motifs is 2. The fourth-order valence-corrected chi connectivity index (χ4v) is 8.34. The highest BCUT2D eigenvalue weighted by Gasteiger charge is 2.63. The highest BCUT2D eigenvalue weighted by atomic mass is 35.5. The van der Waals surface area contributed by atoms with E-state index in [0.717, 1.165) is 45.9 Å². The summed E-state index contributed by atoms with van der Waals surface area (Å²) >= 11 is 6.55. The van der Waals surface area contributed by atoms with Crippen LogP contribution in [0.4, 0.5) is 13.2 Å². The predicted octanol–water partition coefficient (Wildman–Crippen LogP) is 7.67. The first-order valence-corrected chi connectivity index (χ1v) is 15.5. The van der Waals surface area contributed by atoms with Crippen LogP contribution in [0.3, 0.4) is 0 Å². The summed E-state index contributed by atoms with van der Waals surface area (Å²) < 4.78 is 45.0. The van der Waals surface area contributed by atoms with Gasteiger partial charge < -0.3 is 15.0 Å². The van der Waals surface area contributed by atoms with Crippen molar-refractivity contribution in [2.24, 2.45) is 22.7 Å². The fourth-order valence-electron chi connectivity index (χ4n) is 8.06. The lowest BCUT2D eigenvalue weighted by molar-refractivity contribution is -0.152. The molecule has 7 nitrogen and oxygen atoms in total. The summed E-state index contributed by atoms with van der Waals surface area (Å²) in [6.45, 7) is 8.25. The van der Waals surface area contributed by atoms with E-state index in [1.54, 1.807) is 11.8 Å². The molecule has 6 rings (SSSR count). The molecule has 3 aliphatic rings. The summed E-state index contributed by atoms with van der Waals surface area (Å²) in [6, 6.07) is 4.81. The van der Waals surface area contributed by atoms with E-state index in [9.17, 15) is 27.9 Å². The Balaban J connectivity index is 1.32. The van der Waals surface area contributed by atoms with Gasteiger partial charge in [-0.25, -0.2) is 0 Å². The maximum Gasteiger partial charge on any atom is 0.433 e. The van der Waals surface area contributed by atoms with Gasteiger partial charge in [0.25, 0.3) is 5.91 Å². The van der Waals surface area contributed by atoms with Crippen molar-refractivity contribution in [2.45, 2.75) is 90.9 Å². The molecule has 2 N–H and O–H groups in total. The number of carboxylic acids is 1. The third-order valence-corrected chi connectivity index (χ3v) is 11.3. The van der Waals surface area contributed by atoms with Crippen LogP contribution >= 0.6 is 11.6 Å². The van der Waals surface area contributed by atoms with E-state index in [1.165, 1.54) is 0 Å². The Morgan fingerprint density at radius 2 is 1.81 bits per heavy atom. The first kappa shape index (κ1) is 30.0. The topological polar surface area (TPSA) is 91.2 Å². The number of nitrogens with one attached hydrogen (secondary N) is 1. The molecule has 1 amide bonds. The van der Waals surface area contributed by atoms with Crippen LogP contribution < -0.4 is 0 Å². The van der Waals surface area contributed by atoms with E-state index in [4.69, 9.17) is 11.6 Å². The molecule has 0 bridgehead atoms. The number of alkyl halides is 3. The maximum atomic E-state index is 14.7. The molecule has 0 unspecified atom stereocenters. The summed E-state index contributed by atoms with van der Waals surface area (Å²) in [5.74, 6) is -0.698. The number of carboxylic acid groups (broad SMARTS) is 1. The standard InChI is InChI=1S/C32H38ClF3N4O3/c1-17-20(26-24(33)6-5-7-25(26)38-17)10-13-39(19-14-22-23(15-19)30(22,2)3)28(41)21-16-37-40(27(21)32(34,35)36)18-8-11-31(4,12-9-18)29(42)43/h5-7,16,18-19,22-23,38H,8-15H2,1-4H3,(H,42,43)/t18-,19-,22-,23+,31-. The van der Waals surface area contributed by atoms with Crippen LogP contribution in [0.5, 0.6) is 0 Å². The summed E-state index contributed by atoms with van der Waals surface area (Å²) in [5, 5.41) is 15.2. The first-order chi connectivity index (χ1) is 20.1. The van der Waals surface area contributed by atoms with Crippen LogP contribution in [0.2, 0.25) is 5.02 Å². The zero-order chi connectivity index (χ0) is 31.1. The molecule has 0 radical (unpaired) electrons. The average Bonchev–Trinajstić information content (AvgIpc) is 3.45. The molecule has 0 spiro atoms. The zero-order valence-corrected chi connectivity index (χ0v) is 25.6. The van der Waals surface area contributed by atoms with Crippen molar-refractivity contribution in [1.29, 1.82) is 0 Å². The SMILES string of the molecule is Cc1[nH]c2cccc(Cl)c2c1CCN(C(=O)c1cnn([C@H]2CC[C@](C)(C(=O)O)CC2)c1C(F)(F)F)[C@@H]1C[C@@H]2[C@H](C1)C2(C)C. The normalized spacial score (nSPS) is 28.2. The minimum absolute atomic E-state index is 0.160. The molecule has 1 aromatic carbocycles. The second-order valence-corrected chi connectivity index (χ2v) is 14.2. The number of hydrogen-bond acceptors (Lipinski definition) is 3. The number of amides is 1. The number of H-pyrrole nitrogens is 1. The van der Waals surface area contributed by atoms with Crippen molar-refractivity contribution in [3.8, 4) is 0 Å². The summed E-state index contributed by atoms with van der Waals surface area (Å²) in [4.78, 5) is 30.9. The number of aromatic nitrogens is 3. The second kappa shape index (κ2) is 10.3. The van der Waals surface area contributed by atoms with Gasteiger partial charge in [0, 0.05) is 29.2 Å². The van der Waals surface area contributed by atoms with Gasteiger partial charge in [0.2, 0.25) is 0 Å². The number of carbonyl (C=O) groups is 2. The molecule has 43 heavy (non-hydrogen) atoms. The maximum absolute atomic E-state index is 14.7. The molecular formula is C32H38ClF3N4O3. The number of halogens is 4. The number of hydrogen-bond donors (Lipinski definition) is 2. The molecular weight excluding hydrogens is 581 g/mol. The Morgan fingerprint density at radius 1 is 1.16 bits per heavy atom. The van der Waals surface area contributed by atoms with Gasteiger partial charge in [-0.15, -0.1) is 0 Å². The van der Waals surface area contributed by atoms with Crippen LogP contribution in [-0.2, 0) is 17.4 Å². The molecule has 2 heterocycles. The summed E-state index contributed by atoms with van der Waals surface area (Å²) in [6.07, 6.45) is -0.787. The number of aromatic amines is 1. The molecule has 232 valence electrons. The highest BCUT2D eigenvalue weighted by molar-refractivity contribution is 6.35. The van der Waals surface area contributed by atoms with Gasteiger partial charge in [-0.1, -0.05) is 31.5 Å². The molecule has 2 aromatic heterocycles. The first-order valence-electron chi connectivity index (χ1n) is 15.1. The minimum Gasteiger partial charge on any atom is -0.481 e. The van der Waals surface area contributed by atoms with Gasteiger partial charge in [-0.3, -0.25) is 14.3 Å². The minimum atomic E-state index is -4.80. The second-order valence-electron chi connectivity index (χ2n) is 13.7. The Kier molecular flexibility index (Phi) is 7.18. The van der Waals surface area contributed by atoms with Crippen LogP contribution in [0.25, 0.3) is 10.9 Å². The summed E-state index contributed by atoms with van der Waals surface area (Å²) in [5.41, 5.74) is 0.498. The molecule has 3 aromatic rings. The molecule has 3 aliphatic carbocycles. The number of rotatable bonds is 7. The number of aryl methyl sites for hydroxylation is 1. The average molecular weight is 619 g/mol. The van der Waals surface area contributed by atoms with Crippen LogP contribution in [0.15, 0.2) is 24.4 Å². The Labute approximate surface area is 253 Å². The van der Waals surface area contributed by atoms with E-state index in [0.29, 0.717) is 23.3 Å². The molecule has 0 aliphatic heterocycles. The third kappa shape index (κ3) is 5.03. The monoisotopic (exact) mass is 618 g/mol. The number of carbonyl (C=O) groups excluding carboxylic acids is 1. The van der Waals surface area contributed by atoms with Gasteiger partial charge in [-0.2, -0.15) is 18.3 Å². The smallest absolute Gasteiger partial charge is 0.433 e. The van der Waals surface area contributed by atoms with Gasteiger partial charge in [0.1, 0.15) is 0 Å². The van der Waals surface area contributed by atoms with E-state index in [-0.39, 0.29) is 43.7 Å². The quantitative estimate of drug-likeness (QED) is 0.284. The van der Waals surface area contributed by atoms with Crippen molar-refractivity contribution in [3.63, 3.8) is 0 Å². The van der Waals surface area contributed by atoms with Gasteiger partial charge >= 0.3 is 12.1 Å². The van der Waals surface area contributed by atoms with Crippen molar-refractivity contribution < 1.29 is 27.9 Å². The van der Waals surface area contributed by atoms with Crippen molar-refractivity contribution in [2.75, 3.05) is 6.54 Å². The highest BCUT2D eigenvalue weighted by Crippen LogP contribution is 2.67. The fraction of sp³-hybridized carbons (Fsp3) is 0.594. The molecule has 11 heteroatoms. The largest absolute Gasteiger partial charge is 0.481 e. The van der Waals surface area contributed by atoms with E-state index >= 15 is 0 Å². The summed E-state index contributed by atoms with van der Waals surface area (Å²) in [7, 11) is 0. The van der Waals surface area contributed by atoms with Gasteiger partial charge in [-0.05, 0) is 93.7 Å². The number of nitrogens with zero attached hydrogens (tertiary/aromatic N) is 3. The predicted molar refractivity (Wildman–Crippen MR) is 157 cm³/mol. The number of benzene rings is 1. The molecule has 0 saturated heterocycles. The van der Waals surface area contributed by atoms with Crippen molar-refractivity contribution in [3.05, 3.63) is 51.9 Å². The zero-order valence-electron chi connectivity index (χ0n) is 24.9. The van der Waals surface area contributed by atoms with Crippen LogP contribution in [0.1, 0.15) is 92.6 Å².